The Bertz CT molecular complexity index is 1130. The minimum Gasteiger partial charge on any atom is -0.368 e. The molecule has 1 N–H and O–H groups in total. The Kier molecular flexibility index (Phi) is 8.10. The fourth-order valence-corrected chi connectivity index (χ4v) is 4.73. The molecule has 0 spiro atoms. The first-order valence-corrected chi connectivity index (χ1v) is 12.4. The van der Waals surface area contributed by atoms with Gasteiger partial charge in [-0.15, -0.1) is 0 Å². The predicted octanol–water partition coefficient (Wildman–Crippen LogP) is 3.59. The van der Waals surface area contributed by atoms with Gasteiger partial charge in [0.05, 0.1) is 24.7 Å². The summed E-state index contributed by atoms with van der Waals surface area (Å²) in [6.07, 6.45) is -4.37. The van der Waals surface area contributed by atoms with E-state index in [9.17, 15) is 13.5 Å². The van der Waals surface area contributed by atoms with Gasteiger partial charge in [0, 0.05) is 0 Å². The lowest BCUT2D eigenvalue weighted by Gasteiger charge is -2.39. The molecular formula is C26H28O7S. The SMILES string of the molecule is Cc1ccc(S(=O)(=O)O[C@@H]2[C@H](OCc3ccccc3)[C@H](OCc3ccccc3)CO[C@@H]2O)cc1. The van der Waals surface area contributed by atoms with E-state index in [4.69, 9.17) is 18.4 Å². The van der Waals surface area contributed by atoms with Crippen LogP contribution in [0, 0.1) is 6.92 Å². The van der Waals surface area contributed by atoms with Crippen molar-refractivity contribution in [1.82, 2.24) is 0 Å². The molecule has 4 rings (SSSR count). The summed E-state index contributed by atoms with van der Waals surface area (Å²) in [4.78, 5) is -0.0144. The number of aliphatic hydroxyl groups excluding tert-OH is 1. The highest BCUT2D eigenvalue weighted by Gasteiger charge is 2.45. The third-order valence-corrected chi connectivity index (χ3v) is 6.87. The molecule has 180 valence electrons. The number of aliphatic hydroxyl groups is 1. The molecule has 0 radical (unpaired) electrons. The molecule has 4 atom stereocenters. The molecule has 0 amide bonds. The van der Waals surface area contributed by atoms with Crippen LogP contribution in [0.5, 0.6) is 0 Å². The maximum Gasteiger partial charge on any atom is 0.297 e. The van der Waals surface area contributed by atoms with Crippen LogP contribution in [0.15, 0.2) is 89.8 Å². The van der Waals surface area contributed by atoms with Gasteiger partial charge in [-0.1, -0.05) is 78.4 Å². The highest BCUT2D eigenvalue weighted by Crippen LogP contribution is 2.28. The van der Waals surface area contributed by atoms with Crippen molar-refractivity contribution in [3.8, 4) is 0 Å². The van der Waals surface area contributed by atoms with E-state index >= 15 is 0 Å². The Morgan fingerprint density at radius 2 is 1.38 bits per heavy atom. The number of benzene rings is 3. The van der Waals surface area contributed by atoms with Crippen molar-refractivity contribution in [3.05, 3.63) is 102 Å². The molecule has 0 unspecified atom stereocenters. The highest BCUT2D eigenvalue weighted by atomic mass is 32.2. The third kappa shape index (κ3) is 6.29. The first kappa shape index (κ1) is 24.5. The minimum atomic E-state index is -4.19. The van der Waals surface area contributed by atoms with E-state index in [1.54, 1.807) is 12.1 Å². The molecule has 7 nitrogen and oxygen atoms in total. The molecule has 0 aliphatic carbocycles. The van der Waals surface area contributed by atoms with Crippen molar-refractivity contribution in [2.24, 2.45) is 0 Å². The van der Waals surface area contributed by atoms with Crippen molar-refractivity contribution in [2.45, 2.75) is 49.6 Å². The fraction of sp³-hybridized carbons (Fsp3) is 0.308. The third-order valence-electron chi connectivity index (χ3n) is 5.54. The quantitative estimate of drug-likeness (QED) is 0.464. The van der Waals surface area contributed by atoms with E-state index in [2.05, 4.69) is 0 Å². The van der Waals surface area contributed by atoms with Gasteiger partial charge in [-0.3, -0.25) is 4.18 Å². The van der Waals surface area contributed by atoms with Crippen LogP contribution in [0.2, 0.25) is 0 Å². The molecule has 1 heterocycles. The van der Waals surface area contributed by atoms with E-state index in [1.165, 1.54) is 12.1 Å². The molecule has 3 aromatic rings. The molecule has 8 heteroatoms. The Labute approximate surface area is 200 Å². The average Bonchev–Trinajstić information content (AvgIpc) is 2.85. The van der Waals surface area contributed by atoms with Crippen molar-refractivity contribution in [3.63, 3.8) is 0 Å². The van der Waals surface area contributed by atoms with Crippen molar-refractivity contribution < 1.29 is 31.9 Å². The number of aryl methyl sites for hydroxylation is 1. The lowest BCUT2D eigenvalue weighted by Crippen LogP contribution is -2.56. The summed E-state index contributed by atoms with van der Waals surface area (Å²) in [5, 5.41) is 10.5. The zero-order valence-corrected chi connectivity index (χ0v) is 19.6. The van der Waals surface area contributed by atoms with E-state index < -0.39 is 34.7 Å². The summed E-state index contributed by atoms with van der Waals surface area (Å²) < 4.78 is 49.0. The second kappa shape index (κ2) is 11.2. The second-order valence-electron chi connectivity index (χ2n) is 8.15. The molecule has 1 aliphatic heterocycles. The summed E-state index contributed by atoms with van der Waals surface area (Å²) in [7, 11) is -4.19. The van der Waals surface area contributed by atoms with Gasteiger partial charge in [-0.2, -0.15) is 8.42 Å². The summed E-state index contributed by atoms with van der Waals surface area (Å²) in [5.74, 6) is 0. The van der Waals surface area contributed by atoms with Gasteiger partial charge < -0.3 is 19.3 Å². The molecule has 0 aromatic heterocycles. The Hall–Kier alpha value is -2.59. The Morgan fingerprint density at radius 1 is 0.824 bits per heavy atom. The van der Waals surface area contributed by atoms with Crippen molar-refractivity contribution >= 4 is 10.1 Å². The lowest BCUT2D eigenvalue weighted by molar-refractivity contribution is -0.266. The monoisotopic (exact) mass is 484 g/mol. The van der Waals surface area contributed by atoms with Crippen LogP contribution in [0.3, 0.4) is 0 Å². The van der Waals surface area contributed by atoms with Crippen molar-refractivity contribution in [2.75, 3.05) is 6.61 Å². The van der Waals surface area contributed by atoms with Crippen LogP contribution >= 0.6 is 0 Å². The molecule has 1 saturated heterocycles. The number of hydrogen-bond acceptors (Lipinski definition) is 7. The zero-order chi connectivity index (χ0) is 24.0. The zero-order valence-electron chi connectivity index (χ0n) is 18.8. The Balaban J connectivity index is 1.55. The number of ether oxygens (including phenoxy) is 3. The second-order valence-corrected chi connectivity index (χ2v) is 9.72. The standard InChI is InChI=1S/C26H28O7S/c1-19-12-14-22(15-13-19)34(28,29)33-25-24(31-17-21-10-6-3-7-11-21)23(18-32-26(25)27)30-16-20-8-4-2-5-9-20/h2-15,23-27H,16-18H2,1H3/t23-,24-,25-,26+/m1/s1. The van der Waals surface area contributed by atoms with Gasteiger partial charge in [0.2, 0.25) is 0 Å². The van der Waals surface area contributed by atoms with Crippen LogP contribution in [-0.4, -0.2) is 44.7 Å². The van der Waals surface area contributed by atoms with E-state index in [-0.39, 0.29) is 24.7 Å². The Morgan fingerprint density at radius 3 is 1.97 bits per heavy atom. The molecule has 34 heavy (non-hydrogen) atoms. The van der Waals surface area contributed by atoms with Gasteiger partial charge in [0.15, 0.2) is 12.4 Å². The van der Waals surface area contributed by atoms with Gasteiger partial charge in [-0.25, -0.2) is 0 Å². The van der Waals surface area contributed by atoms with E-state index in [0.717, 1.165) is 16.7 Å². The molecule has 1 aliphatic rings. The molecule has 0 bridgehead atoms. The van der Waals surface area contributed by atoms with E-state index in [0.29, 0.717) is 0 Å². The fourth-order valence-electron chi connectivity index (χ4n) is 3.66. The van der Waals surface area contributed by atoms with Gasteiger partial charge in [0.25, 0.3) is 10.1 Å². The van der Waals surface area contributed by atoms with Gasteiger partial charge >= 0.3 is 0 Å². The highest BCUT2D eigenvalue weighted by molar-refractivity contribution is 7.86. The van der Waals surface area contributed by atoms with Crippen LogP contribution in [0.25, 0.3) is 0 Å². The maximum atomic E-state index is 13.0. The topological polar surface area (TPSA) is 91.3 Å². The maximum absolute atomic E-state index is 13.0. The summed E-state index contributed by atoms with van der Waals surface area (Å²) in [6.45, 7) is 2.34. The van der Waals surface area contributed by atoms with Crippen LogP contribution in [0.4, 0.5) is 0 Å². The number of rotatable bonds is 9. The molecule has 0 saturated carbocycles. The first-order chi connectivity index (χ1) is 16.4. The van der Waals surface area contributed by atoms with Crippen LogP contribution in [-0.2, 0) is 41.7 Å². The summed E-state index contributed by atoms with van der Waals surface area (Å²) in [5.41, 5.74) is 2.75. The molecule has 1 fully saturated rings. The number of hydrogen-bond donors (Lipinski definition) is 1. The van der Waals surface area contributed by atoms with Gasteiger partial charge in [-0.05, 0) is 30.2 Å². The van der Waals surface area contributed by atoms with Crippen LogP contribution in [0.1, 0.15) is 16.7 Å². The lowest BCUT2D eigenvalue weighted by atomic mass is 10.0. The summed E-state index contributed by atoms with van der Waals surface area (Å²) >= 11 is 0. The van der Waals surface area contributed by atoms with Gasteiger partial charge in [0.1, 0.15) is 12.2 Å². The van der Waals surface area contributed by atoms with Crippen molar-refractivity contribution in [1.29, 1.82) is 0 Å². The largest absolute Gasteiger partial charge is 0.368 e. The average molecular weight is 485 g/mol. The smallest absolute Gasteiger partial charge is 0.297 e. The molecular weight excluding hydrogens is 456 g/mol. The van der Waals surface area contributed by atoms with Crippen LogP contribution < -0.4 is 0 Å². The minimum absolute atomic E-state index is 0.0144. The predicted molar refractivity (Wildman–Crippen MR) is 125 cm³/mol. The summed E-state index contributed by atoms with van der Waals surface area (Å²) in [6, 6.07) is 25.3. The van der Waals surface area contributed by atoms with E-state index in [1.807, 2.05) is 67.6 Å². The normalized spacial score (nSPS) is 23.0. The first-order valence-electron chi connectivity index (χ1n) is 11.0. The molecule has 3 aromatic carbocycles.